The lowest BCUT2D eigenvalue weighted by Gasteiger charge is -2.48. The van der Waals surface area contributed by atoms with E-state index in [1.165, 1.54) is 16.7 Å². The van der Waals surface area contributed by atoms with E-state index < -0.39 is 0 Å². The molecule has 2 atom stereocenters. The zero-order chi connectivity index (χ0) is 16.6. The third-order valence-electron chi connectivity index (χ3n) is 4.96. The van der Waals surface area contributed by atoms with Crippen molar-refractivity contribution in [1.29, 1.82) is 0 Å². The molecule has 0 aromatic carbocycles. The summed E-state index contributed by atoms with van der Waals surface area (Å²) in [5.41, 5.74) is 6.32. The lowest BCUT2D eigenvalue weighted by molar-refractivity contribution is 0.328. The van der Waals surface area contributed by atoms with Gasteiger partial charge in [-0.1, -0.05) is 29.9 Å². The van der Waals surface area contributed by atoms with Gasteiger partial charge in [-0.3, -0.25) is 5.32 Å². The summed E-state index contributed by atoms with van der Waals surface area (Å²) in [5.74, 6) is 1.11. The molecule has 3 heteroatoms. The minimum absolute atomic E-state index is 0.163. The summed E-state index contributed by atoms with van der Waals surface area (Å²) in [4.78, 5) is 4.74. The monoisotopic (exact) mass is 310 g/mol. The molecular formula is C20H26N2O. The average molecular weight is 310 g/mol. The molecule has 1 aromatic rings. The minimum atomic E-state index is -0.163. The fraction of sp³-hybridized carbons (Fsp3) is 0.450. The normalized spacial score (nSPS) is 27.4. The van der Waals surface area contributed by atoms with Crippen molar-refractivity contribution in [2.45, 2.75) is 39.2 Å². The third kappa shape index (κ3) is 2.63. The minimum Gasteiger partial charge on any atom is -0.481 e. The van der Waals surface area contributed by atoms with Gasteiger partial charge in [-0.2, -0.15) is 0 Å². The number of hydrogen-bond acceptors (Lipinski definition) is 3. The van der Waals surface area contributed by atoms with Crippen molar-refractivity contribution >= 4 is 0 Å². The highest BCUT2D eigenvalue weighted by Crippen LogP contribution is 2.49. The number of nitrogens with one attached hydrogen (secondary N) is 1. The molecule has 2 aliphatic rings. The maximum atomic E-state index is 5.33. The van der Waals surface area contributed by atoms with Crippen LogP contribution in [0.2, 0.25) is 0 Å². The van der Waals surface area contributed by atoms with Gasteiger partial charge in [0.2, 0.25) is 5.88 Å². The maximum absolute atomic E-state index is 5.33. The van der Waals surface area contributed by atoms with Gasteiger partial charge in [-0.15, -0.1) is 0 Å². The number of ether oxygens (including phenoxy) is 1. The van der Waals surface area contributed by atoms with Gasteiger partial charge in [0.05, 0.1) is 18.3 Å². The van der Waals surface area contributed by atoms with Gasteiger partial charge in [0, 0.05) is 24.9 Å². The van der Waals surface area contributed by atoms with E-state index >= 15 is 0 Å². The zero-order valence-electron chi connectivity index (χ0n) is 14.6. The summed E-state index contributed by atoms with van der Waals surface area (Å²) >= 11 is 0. The van der Waals surface area contributed by atoms with Gasteiger partial charge >= 0.3 is 0 Å². The molecule has 0 unspecified atom stereocenters. The number of methoxy groups -OCH3 is 1. The van der Waals surface area contributed by atoms with Gasteiger partial charge in [0.15, 0.2) is 0 Å². The first-order valence-corrected chi connectivity index (χ1v) is 8.28. The Balaban J connectivity index is 2.17. The van der Waals surface area contributed by atoms with Crippen LogP contribution in [0.4, 0.5) is 0 Å². The Morgan fingerprint density at radius 3 is 2.96 bits per heavy atom. The van der Waals surface area contributed by atoms with Crippen molar-refractivity contribution in [1.82, 2.24) is 10.3 Å². The number of hydrogen-bond donors (Lipinski definition) is 1. The molecule has 1 heterocycles. The summed E-state index contributed by atoms with van der Waals surface area (Å²) < 4.78 is 5.33. The fourth-order valence-electron chi connectivity index (χ4n) is 4.12. The van der Waals surface area contributed by atoms with Crippen LogP contribution in [0.5, 0.6) is 5.88 Å². The van der Waals surface area contributed by atoms with Crippen LogP contribution < -0.4 is 10.1 Å². The van der Waals surface area contributed by atoms with Crippen LogP contribution in [0.15, 0.2) is 47.6 Å². The zero-order valence-corrected chi connectivity index (χ0v) is 14.6. The molecule has 0 saturated heterocycles. The molecule has 122 valence electrons. The molecule has 23 heavy (non-hydrogen) atoms. The Morgan fingerprint density at radius 2 is 2.30 bits per heavy atom. The first-order valence-electron chi connectivity index (χ1n) is 8.28. The smallest absolute Gasteiger partial charge is 0.213 e. The maximum Gasteiger partial charge on any atom is 0.213 e. The van der Waals surface area contributed by atoms with Crippen molar-refractivity contribution in [2.75, 3.05) is 13.7 Å². The van der Waals surface area contributed by atoms with E-state index in [0.29, 0.717) is 11.8 Å². The summed E-state index contributed by atoms with van der Waals surface area (Å²) in [6.45, 7) is 11.3. The van der Waals surface area contributed by atoms with Crippen LogP contribution in [0.1, 0.15) is 38.4 Å². The van der Waals surface area contributed by atoms with Gasteiger partial charge < -0.3 is 4.74 Å². The molecule has 0 saturated carbocycles. The number of allylic oxidation sites excluding steroid dienone is 2. The Hall–Kier alpha value is -1.87. The van der Waals surface area contributed by atoms with Crippen LogP contribution in [0.3, 0.4) is 0 Å². The van der Waals surface area contributed by atoms with Crippen LogP contribution in [0.25, 0.3) is 0 Å². The number of aromatic nitrogens is 1. The molecule has 0 fully saturated rings. The molecule has 0 radical (unpaired) electrons. The first-order chi connectivity index (χ1) is 11.0. The second kappa shape index (κ2) is 5.97. The van der Waals surface area contributed by atoms with Crippen LogP contribution in [0, 0.1) is 5.92 Å². The molecule has 2 aliphatic carbocycles. The summed E-state index contributed by atoms with van der Waals surface area (Å²) in [7, 11) is 1.68. The number of nitrogens with zero attached hydrogens (tertiary/aromatic N) is 1. The van der Waals surface area contributed by atoms with E-state index in [1.807, 2.05) is 6.07 Å². The highest BCUT2D eigenvalue weighted by molar-refractivity contribution is 5.50. The molecule has 3 rings (SSSR count). The third-order valence-corrected chi connectivity index (χ3v) is 4.96. The number of fused-ring (bicyclic) bond motifs is 4. The van der Waals surface area contributed by atoms with Crippen LogP contribution >= 0.6 is 0 Å². The summed E-state index contributed by atoms with van der Waals surface area (Å²) in [6, 6.07) is 4.16. The van der Waals surface area contributed by atoms with E-state index in [0.717, 1.165) is 30.7 Å². The van der Waals surface area contributed by atoms with Crippen molar-refractivity contribution in [3.8, 4) is 5.88 Å². The molecule has 0 amide bonds. The largest absolute Gasteiger partial charge is 0.481 e. The Bertz CT molecular complexity index is 702. The van der Waals surface area contributed by atoms with Crippen LogP contribution in [-0.2, 0) is 12.0 Å². The van der Waals surface area contributed by atoms with Gasteiger partial charge in [-0.05, 0) is 44.4 Å². The number of rotatable bonds is 4. The van der Waals surface area contributed by atoms with Crippen molar-refractivity contribution in [3.05, 3.63) is 58.8 Å². The fourth-order valence-corrected chi connectivity index (χ4v) is 4.12. The van der Waals surface area contributed by atoms with Crippen molar-refractivity contribution in [3.63, 3.8) is 0 Å². The highest BCUT2D eigenvalue weighted by Gasteiger charge is 2.46. The molecule has 3 nitrogen and oxygen atoms in total. The second-order valence-electron chi connectivity index (χ2n) is 6.81. The van der Waals surface area contributed by atoms with Gasteiger partial charge in [0.25, 0.3) is 0 Å². The molecule has 2 bridgehead atoms. The van der Waals surface area contributed by atoms with Gasteiger partial charge in [0.1, 0.15) is 0 Å². The van der Waals surface area contributed by atoms with Gasteiger partial charge in [-0.25, -0.2) is 4.98 Å². The van der Waals surface area contributed by atoms with E-state index in [1.54, 1.807) is 7.11 Å². The SMILES string of the molecule is C=C(C)CN[C@@]12CC(C)=C[C@@H](Cc3nc(OC)ccc31)/C2=C\C. The van der Waals surface area contributed by atoms with Crippen molar-refractivity contribution < 1.29 is 4.74 Å². The molecule has 1 aromatic heterocycles. The molecule has 1 N–H and O–H groups in total. The quantitative estimate of drug-likeness (QED) is 0.856. The Morgan fingerprint density at radius 1 is 1.52 bits per heavy atom. The summed E-state index contributed by atoms with van der Waals surface area (Å²) in [6.07, 6.45) is 6.61. The summed E-state index contributed by atoms with van der Waals surface area (Å²) in [5, 5.41) is 3.80. The lowest BCUT2D eigenvalue weighted by atomic mass is 9.63. The van der Waals surface area contributed by atoms with E-state index in [9.17, 15) is 0 Å². The predicted molar refractivity (Wildman–Crippen MR) is 94.6 cm³/mol. The second-order valence-corrected chi connectivity index (χ2v) is 6.81. The highest BCUT2D eigenvalue weighted by atomic mass is 16.5. The van der Waals surface area contributed by atoms with E-state index in [-0.39, 0.29) is 5.54 Å². The Kier molecular flexibility index (Phi) is 4.15. The predicted octanol–water partition coefficient (Wildman–Crippen LogP) is 3.92. The van der Waals surface area contributed by atoms with E-state index in [2.05, 4.69) is 50.9 Å². The standard InChI is InChI=1S/C20H26N2O/c1-6-16-15-9-14(4)11-20(16,21-12-13(2)3)17-7-8-19(23-5)22-18(17)10-15/h6-9,15,21H,2,10-12H2,1,3-5H3/b16-6+/t15-,20+/m0/s1. The average Bonchev–Trinajstić information content (AvgIpc) is 2.51. The molecular weight excluding hydrogens is 284 g/mol. The molecule has 0 spiro atoms. The van der Waals surface area contributed by atoms with Crippen LogP contribution in [-0.4, -0.2) is 18.6 Å². The van der Waals surface area contributed by atoms with Crippen molar-refractivity contribution in [2.24, 2.45) is 5.92 Å². The lowest BCUT2D eigenvalue weighted by Crippen LogP contribution is -2.51. The topological polar surface area (TPSA) is 34.2 Å². The molecule has 0 aliphatic heterocycles. The first kappa shape index (κ1) is 16.0. The number of pyridine rings is 1. The van der Waals surface area contributed by atoms with E-state index in [4.69, 9.17) is 9.72 Å². The Labute approximate surface area is 139 Å².